The number of aromatic nitrogens is 1. The molecule has 0 bridgehead atoms. The maximum atomic E-state index is 11.4. The van der Waals surface area contributed by atoms with Gasteiger partial charge in [0, 0.05) is 55.9 Å². The van der Waals surface area contributed by atoms with Gasteiger partial charge in [0.15, 0.2) is 0 Å². The number of halogens is 1. The molecule has 2 aromatic carbocycles. The van der Waals surface area contributed by atoms with Crippen molar-refractivity contribution in [2.24, 2.45) is 5.92 Å². The van der Waals surface area contributed by atoms with Crippen LogP contribution in [0.1, 0.15) is 43.2 Å². The number of rotatable bonds is 2. The first-order chi connectivity index (χ1) is 16.3. The van der Waals surface area contributed by atoms with Gasteiger partial charge in [-0.2, -0.15) is 0 Å². The molecule has 0 spiro atoms. The number of carbonyl (C=O) groups is 1. The quantitative estimate of drug-likeness (QED) is 0.445. The van der Waals surface area contributed by atoms with Crippen molar-refractivity contribution in [3.05, 3.63) is 58.7 Å². The van der Waals surface area contributed by atoms with Gasteiger partial charge in [-0.05, 0) is 57.1 Å². The molecule has 5 rings (SSSR count). The zero-order valence-corrected chi connectivity index (χ0v) is 21.6. The molecule has 1 fully saturated rings. The van der Waals surface area contributed by atoms with Gasteiger partial charge in [-0.15, -0.1) is 0 Å². The largest absolute Gasteiger partial charge is 0.490 e. The second-order valence-electron chi connectivity index (χ2n) is 9.82. The molecule has 1 saturated carbocycles. The molecular weight excluding hydrogens is 446 g/mol. The maximum absolute atomic E-state index is 11.4. The molecule has 6 heteroatoms. The first-order valence-electron chi connectivity index (χ1n) is 12.3. The highest BCUT2D eigenvalue weighted by molar-refractivity contribution is 6.32. The first kappa shape index (κ1) is 24.6. The zero-order valence-electron chi connectivity index (χ0n) is 20.8. The van der Waals surface area contributed by atoms with Crippen LogP contribution in [0, 0.1) is 12.8 Å². The van der Waals surface area contributed by atoms with Gasteiger partial charge in [0.2, 0.25) is 5.91 Å². The third-order valence-electron chi connectivity index (χ3n) is 6.78. The van der Waals surface area contributed by atoms with E-state index in [-0.39, 0.29) is 0 Å². The number of nitrogens with zero attached hydrogens (tertiary/aromatic N) is 3. The Morgan fingerprint density at radius 3 is 2.59 bits per heavy atom. The lowest BCUT2D eigenvalue weighted by molar-refractivity contribution is -0.133. The van der Waals surface area contributed by atoms with Crippen molar-refractivity contribution < 1.29 is 9.53 Å². The summed E-state index contributed by atoms with van der Waals surface area (Å²) in [7, 11) is 5.79. The van der Waals surface area contributed by atoms with Gasteiger partial charge >= 0.3 is 0 Å². The van der Waals surface area contributed by atoms with E-state index in [1.165, 1.54) is 35.7 Å². The number of ether oxygens (including phenoxy) is 1. The average molecular weight is 482 g/mol. The Morgan fingerprint density at radius 1 is 1.09 bits per heavy atom. The van der Waals surface area contributed by atoms with Crippen molar-refractivity contribution in [1.29, 1.82) is 0 Å². The van der Waals surface area contributed by atoms with Crippen molar-refractivity contribution in [2.75, 3.05) is 34.3 Å². The van der Waals surface area contributed by atoms with Gasteiger partial charge in [0.05, 0.1) is 10.5 Å². The average Bonchev–Trinajstić information content (AvgIpc) is 3.13. The maximum Gasteiger partial charge on any atom is 0.225 e. The van der Waals surface area contributed by atoms with Crippen LogP contribution in [0.15, 0.2) is 42.6 Å². The van der Waals surface area contributed by atoms with E-state index < -0.39 is 0 Å². The lowest BCUT2D eigenvalue weighted by atomic mass is 9.88. The molecule has 182 valence electrons. The minimum absolute atomic E-state index is 0.324. The number of benzene rings is 2. The van der Waals surface area contributed by atoms with Crippen LogP contribution in [-0.2, 0) is 11.3 Å². The van der Waals surface area contributed by atoms with E-state index in [1.54, 1.807) is 4.90 Å². The van der Waals surface area contributed by atoms with Crippen LogP contribution in [0.3, 0.4) is 0 Å². The van der Waals surface area contributed by atoms with E-state index >= 15 is 0 Å². The summed E-state index contributed by atoms with van der Waals surface area (Å²) in [4.78, 5) is 15.4. The fraction of sp³-hybridized carbons (Fsp3) is 0.464. The second-order valence-corrected chi connectivity index (χ2v) is 10.2. The Bertz CT molecular complexity index is 1150. The van der Waals surface area contributed by atoms with E-state index in [4.69, 9.17) is 16.3 Å². The van der Waals surface area contributed by atoms with Crippen LogP contribution < -0.4 is 4.74 Å². The van der Waals surface area contributed by atoms with Gasteiger partial charge in [-0.3, -0.25) is 9.69 Å². The summed E-state index contributed by atoms with van der Waals surface area (Å²) < 4.78 is 8.03. The van der Waals surface area contributed by atoms with Gasteiger partial charge < -0.3 is 14.2 Å². The van der Waals surface area contributed by atoms with Crippen LogP contribution in [-0.4, -0.2) is 54.6 Å². The summed E-state index contributed by atoms with van der Waals surface area (Å²) in [6.45, 7) is 4.55. The van der Waals surface area contributed by atoms with E-state index in [9.17, 15) is 4.79 Å². The van der Waals surface area contributed by atoms with Crippen molar-refractivity contribution in [3.8, 4) is 11.4 Å². The van der Waals surface area contributed by atoms with E-state index in [0.29, 0.717) is 23.5 Å². The molecule has 34 heavy (non-hydrogen) atoms. The van der Waals surface area contributed by atoms with Gasteiger partial charge in [-0.1, -0.05) is 42.5 Å². The topological polar surface area (TPSA) is 37.7 Å². The third kappa shape index (κ3) is 5.59. The summed E-state index contributed by atoms with van der Waals surface area (Å²) >= 11 is 6.50. The highest BCUT2D eigenvalue weighted by Crippen LogP contribution is 2.35. The predicted octanol–water partition coefficient (Wildman–Crippen LogP) is 6.07. The fourth-order valence-electron chi connectivity index (χ4n) is 4.93. The summed E-state index contributed by atoms with van der Waals surface area (Å²) in [6.07, 6.45) is 8.11. The highest BCUT2D eigenvalue weighted by Gasteiger charge is 2.22. The van der Waals surface area contributed by atoms with Crippen molar-refractivity contribution in [3.63, 3.8) is 0 Å². The predicted molar refractivity (Wildman–Crippen MR) is 140 cm³/mol. The summed E-state index contributed by atoms with van der Waals surface area (Å²) in [5, 5.41) is 1.92. The fourth-order valence-corrected chi connectivity index (χ4v) is 5.22. The third-order valence-corrected chi connectivity index (χ3v) is 7.06. The Balaban J connectivity index is 0.000000210. The molecule has 3 aromatic rings. The lowest BCUT2D eigenvalue weighted by Gasteiger charge is -2.23. The monoisotopic (exact) mass is 481 g/mol. The number of amides is 1. The van der Waals surface area contributed by atoms with Crippen molar-refractivity contribution in [1.82, 2.24) is 14.4 Å². The second kappa shape index (κ2) is 10.8. The van der Waals surface area contributed by atoms with Crippen LogP contribution in [0.25, 0.3) is 16.6 Å². The van der Waals surface area contributed by atoms with E-state index in [1.807, 2.05) is 20.2 Å². The van der Waals surface area contributed by atoms with Crippen LogP contribution >= 0.6 is 11.6 Å². The molecule has 2 heterocycles. The summed E-state index contributed by atoms with van der Waals surface area (Å²) in [5.74, 6) is 1.48. The Hall–Kier alpha value is -2.50. The molecule has 5 nitrogen and oxygen atoms in total. The molecule has 0 atom stereocenters. The number of hydrogen-bond acceptors (Lipinski definition) is 3. The molecule has 1 aromatic heterocycles. The Labute approximate surface area is 208 Å². The molecule has 0 N–H and O–H groups in total. The van der Waals surface area contributed by atoms with E-state index in [2.05, 4.69) is 60.0 Å². The molecule has 1 aliphatic heterocycles. The van der Waals surface area contributed by atoms with Crippen molar-refractivity contribution >= 4 is 28.4 Å². The Morgan fingerprint density at radius 2 is 1.85 bits per heavy atom. The first-order valence-corrected chi connectivity index (χ1v) is 12.6. The van der Waals surface area contributed by atoms with Gasteiger partial charge in [-0.25, -0.2) is 0 Å². The standard InChI is InChI=1S/C19H19ClN2O.C9H17NO/c1-13-3-4-18-14(9-13)5-6-22(18)16-10-15-12-21(2)7-8-23-19(15)17(20)11-16;1-10(2)9(11)8-6-4-3-5-7-8/h3-6,9-11H,7-8,12H2,1-2H3;8H,3-7H2,1-2H3. The summed E-state index contributed by atoms with van der Waals surface area (Å²) in [5.41, 5.74) is 4.67. The molecule has 0 saturated heterocycles. The van der Waals surface area contributed by atoms with Gasteiger partial charge in [0.25, 0.3) is 0 Å². The minimum atomic E-state index is 0.324. The molecule has 1 aliphatic carbocycles. The zero-order chi connectivity index (χ0) is 24.2. The molecular formula is C28H36ClN3O2. The van der Waals surface area contributed by atoms with Crippen LogP contribution in [0.5, 0.6) is 5.75 Å². The molecule has 2 aliphatic rings. The lowest BCUT2D eigenvalue weighted by Crippen LogP contribution is -2.30. The molecule has 0 radical (unpaired) electrons. The number of aryl methyl sites for hydroxylation is 1. The highest BCUT2D eigenvalue weighted by atomic mass is 35.5. The molecule has 1 amide bonds. The normalized spacial score (nSPS) is 16.7. The van der Waals surface area contributed by atoms with Crippen LogP contribution in [0.2, 0.25) is 5.02 Å². The summed E-state index contributed by atoms with van der Waals surface area (Å²) in [6, 6.07) is 12.8. The Kier molecular flexibility index (Phi) is 7.84. The smallest absolute Gasteiger partial charge is 0.225 e. The minimum Gasteiger partial charge on any atom is -0.490 e. The SMILES string of the molecule is CN(C)C(=O)C1CCCCC1.Cc1ccc2c(ccn2-c2cc(Cl)c3c(c2)CN(C)CCO3)c1. The number of fused-ring (bicyclic) bond motifs is 2. The van der Waals surface area contributed by atoms with Crippen LogP contribution in [0.4, 0.5) is 0 Å². The number of hydrogen-bond donors (Lipinski definition) is 0. The van der Waals surface area contributed by atoms with Gasteiger partial charge in [0.1, 0.15) is 12.4 Å². The van der Waals surface area contributed by atoms with E-state index in [0.717, 1.165) is 42.9 Å². The number of carbonyl (C=O) groups excluding carboxylic acids is 1. The number of likely N-dealkylation sites (N-methyl/N-ethyl adjacent to an activating group) is 1. The molecule has 0 unspecified atom stereocenters. The van der Waals surface area contributed by atoms with Crippen molar-refractivity contribution in [2.45, 2.75) is 45.6 Å².